The van der Waals surface area contributed by atoms with Crippen molar-refractivity contribution in [3.05, 3.63) is 30.0 Å². The molecule has 2 rings (SSSR count). The molecule has 0 saturated heterocycles. The van der Waals surface area contributed by atoms with Gasteiger partial charge in [-0.25, -0.2) is 9.97 Å². The lowest BCUT2D eigenvalue weighted by atomic mass is 10.2. The van der Waals surface area contributed by atoms with Gasteiger partial charge < -0.3 is 5.73 Å². The summed E-state index contributed by atoms with van der Waals surface area (Å²) in [6.45, 7) is 2.63. The average Bonchev–Trinajstić information content (AvgIpc) is 2.62. The lowest BCUT2D eigenvalue weighted by molar-refractivity contribution is 0.901. The molecule has 2 aromatic rings. The highest BCUT2D eigenvalue weighted by molar-refractivity contribution is 5.47. The molecule has 2 heterocycles. The Kier molecular flexibility index (Phi) is 2.45. The molecule has 0 aliphatic heterocycles. The van der Waals surface area contributed by atoms with Crippen LogP contribution >= 0.6 is 0 Å². The number of nitrogens with two attached hydrogens (primary N) is 1. The van der Waals surface area contributed by atoms with Crippen LogP contribution in [0.4, 0.5) is 0 Å². The number of imidazole rings is 1. The summed E-state index contributed by atoms with van der Waals surface area (Å²) in [6, 6.07) is 0. The number of aromatic nitrogens is 3. The molecule has 4 nitrogen and oxygen atoms in total. The van der Waals surface area contributed by atoms with E-state index in [9.17, 15) is 0 Å². The Balaban J connectivity index is 2.55. The van der Waals surface area contributed by atoms with Gasteiger partial charge >= 0.3 is 0 Å². The van der Waals surface area contributed by atoms with Crippen molar-refractivity contribution in [1.29, 1.82) is 0 Å². The first-order valence-electron chi connectivity index (χ1n) is 4.85. The Hall–Kier alpha value is -1.42. The zero-order chi connectivity index (χ0) is 9.97. The van der Waals surface area contributed by atoms with Gasteiger partial charge in [-0.3, -0.25) is 4.40 Å². The molecule has 0 spiro atoms. The Morgan fingerprint density at radius 1 is 1.50 bits per heavy atom. The molecular weight excluding hydrogens is 176 g/mol. The number of aryl methyl sites for hydroxylation is 1. The molecule has 0 aliphatic carbocycles. The van der Waals surface area contributed by atoms with E-state index in [4.69, 9.17) is 5.73 Å². The number of hydrogen-bond donors (Lipinski definition) is 1. The molecule has 74 valence electrons. The third-order valence-corrected chi connectivity index (χ3v) is 2.22. The largest absolute Gasteiger partial charge is 0.325 e. The lowest BCUT2D eigenvalue weighted by Crippen LogP contribution is -1.95. The first-order chi connectivity index (χ1) is 6.85. The fraction of sp³-hybridized carbons (Fsp3) is 0.400. The van der Waals surface area contributed by atoms with Crippen LogP contribution in [0, 0.1) is 0 Å². The van der Waals surface area contributed by atoms with Gasteiger partial charge in [0.15, 0.2) is 0 Å². The van der Waals surface area contributed by atoms with Crippen molar-refractivity contribution in [2.75, 3.05) is 0 Å². The zero-order valence-electron chi connectivity index (χ0n) is 8.27. The fourth-order valence-electron chi connectivity index (χ4n) is 1.57. The summed E-state index contributed by atoms with van der Waals surface area (Å²) in [4.78, 5) is 8.61. The molecule has 4 heteroatoms. The first kappa shape index (κ1) is 9.15. The molecule has 2 N–H and O–H groups in total. The van der Waals surface area contributed by atoms with Crippen LogP contribution in [0.5, 0.6) is 0 Å². The third kappa shape index (κ3) is 1.48. The smallest absolute Gasteiger partial charge is 0.143 e. The molecule has 0 atom stereocenters. The van der Waals surface area contributed by atoms with Crippen LogP contribution in [-0.4, -0.2) is 14.4 Å². The van der Waals surface area contributed by atoms with E-state index in [1.54, 1.807) is 6.33 Å². The van der Waals surface area contributed by atoms with Crippen molar-refractivity contribution in [3.8, 4) is 0 Å². The van der Waals surface area contributed by atoms with Gasteiger partial charge in [-0.1, -0.05) is 13.3 Å². The molecule has 0 amide bonds. The highest BCUT2D eigenvalue weighted by Gasteiger charge is 2.04. The van der Waals surface area contributed by atoms with Gasteiger partial charge in [-0.05, 0) is 6.42 Å². The van der Waals surface area contributed by atoms with Gasteiger partial charge in [0, 0.05) is 24.5 Å². The Bertz CT molecular complexity index is 433. The van der Waals surface area contributed by atoms with Crippen LogP contribution in [0.25, 0.3) is 5.65 Å². The average molecular weight is 190 g/mol. The van der Waals surface area contributed by atoms with E-state index in [-0.39, 0.29) is 0 Å². The maximum absolute atomic E-state index is 5.54. The number of hydrogen-bond acceptors (Lipinski definition) is 3. The minimum absolute atomic E-state index is 0.479. The van der Waals surface area contributed by atoms with Gasteiger partial charge in [0.05, 0.1) is 5.69 Å². The van der Waals surface area contributed by atoms with Gasteiger partial charge in [0.25, 0.3) is 0 Å². The van der Waals surface area contributed by atoms with Crippen LogP contribution in [0.3, 0.4) is 0 Å². The molecular formula is C10H14N4. The Morgan fingerprint density at radius 2 is 2.36 bits per heavy atom. The van der Waals surface area contributed by atoms with E-state index in [2.05, 4.69) is 16.9 Å². The standard InChI is InChI=1S/C10H14N4/c1-2-3-8-5-12-7-14-6-9(4-11)13-10(8)14/h5-7H,2-4,11H2,1H3. The SMILES string of the molecule is CCCc1cncn2cc(CN)nc12. The highest BCUT2D eigenvalue weighted by Crippen LogP contribution is 2.11. The molecule has 0 fully saturated rings. The van der Waals surface area contributed by atoms with Gasteiger partial charge in [0.2, 0.25) is 0 Å². The van der Waals surface area contributed by atoms with Crippen LogP contribution in [0.2, 0.25) is 0 Å². The van der Waals surface area contributed by atoms with Crippen molar-refractivity contribution < 1.29 is 0 Å². The summed E-state index contributed by atoms with van der Waals surface area (Å²) in [5.41, 5.74) is 8.63. The fourth-order valence-corrected chi connectivity index (χ4v) is 1.57. The summed E-state index contributed by atoms with van der Waals surface area (Å²) in [6.07, 6.45) is 7.69. The summed E-state index contributed by atoms with van der Waals surface area (Å²) < 4.78 is 1.94. The predicted molar refractivity (Wildman–Crippen MR) is 54.9 cm³/mol. The molecule has 0 aromatic carbocycles. The number of rotatable bonds is 3. The van der Waals surface area contributed by atoms with Crippen LogP contribution < -0.4 is 5.73 Å². The van der Waals surface area contributed by atoms with Crippen LogP contribution in [0.15, 0.2) is 18.7 Å². The van der Waals surface area contributed by atoms with Crippen molar-refractivity contribution in [2.45, 2.75) is 26.3 Å². The predicted octanol–water partition coefficient (Wildman–Crippen LogP) is 1.14. The molecule has 2 aromatic heterocycles. The van der Waals surface area contributed by atoms with Crippen molar-refractivity contribution in [1.82, 2.24) is 14.4 Å². The van der Waals surface area contributed by atoms with E-state index in [0.717, 1.165) is 24.2 Å². The van der Waals surface area contributed by atoms with Gasteiger partial charge in [-0.15, -0.1) is 0 Å². The first-order valence-corrected chi connectivity index (χ1v) is 4.85. The van der Waals surface area contributed by atoms with Crippen molar-refractivity contribution in [3.63, 3.8) is 0 Å². The highest BCUT2D eigenvalue weighted by atomic mass is 15.0. The zero-order valence-corrected chi connectivity index (χ0v) is 8.27. The number of nitrogens with zero attached hydrogens (tertiary/aromatic N) is 3. The minimum atomic E-state index is 0.479. The third-order valence-electron chi connectivity index (χ3n) is 2.22. The summed E-state index contributed by atoms with van der Waals surface area (Å²) in [7, 11) is 0. The Morgan fingerprint density at radius 3 is 3.07 bits per heavy atom. The van der Waals surface area contributed by atoms with Crippen LogP contribution in [-0.2, 0) is 13.0 Å². The van der Waals surface area contributed by atoms with E-state index in [0.29, 0.717) is 6.54 Å². The number of fused-ring (bicyclic) bond motifs is 1. The molecule has 0 bridgehead atoms. The van der Waals surface area contributed by atoms with Crippen LogP contribution in [0.1, 0.15) is 24.6 Å². The van der Waals surface area contributed by atoms with Gasteiger partial charge in [0.1, 0.15) is 12.0 Å². The molecule has 0 saturated carbocycles. The topological polar surface area (TPSA) is 56.2 Å². The second-order valence-corrected chi connectivity index (χ2v) is 3.34. The molecule has 0 radical (unpaired) electrons. The Labute approximate surface area is 82.8 Å². The minimum Gasteiger partial charge on any atom is -0.325 e. The summed E-state index contributed by atoms with van der Waals surface area (Å²) in [5, 5.41) is 0. The lowest BCUT2D eigenvalue weighted by Gasteiger charge is -1.99. The summed E-state index contributed by atoms with van der Waals surface area (Å²) >= 11 is 0. The molecule has 14 heavy (non-hydrogen) atoms. The molecule has 0 unspecified atom stereocenters. The second kappa shape index (κ2) is 3.75. The quantitative estimate of drug-likeness (QED) is 0.789. The maximum atomic E-state index is 5.54. The normalized spacial score (nSPS) is 11.0. The second-order valence-electron chi connectivity index (χ2n) is 3.34. The van der Waals surface area contributed by atoms with E-state index < -0.39 is 0 Å². The van der Waals surface area contributed by atoms with E-state index in [1.807, 2.05) is 16.8 Å². The van der Waals surface area contributed by atoms with E-state index in [1.165, 1.54) is 5.56 Å². The van der Waals surface area contributed by atoms with E-state index >= 15 is 0 Å². The van der Waals surface area contributed by atoms with Crippen molar-refractivity contribution in [2.24, 2.45) is 5.73 Å². The monoisotopic (exact) mass is 190 g/mol. The maximum Gasteiger partial charge on any atom is 0.143 e. The van der Waals surface area contributed by atoms with Crippen molar-refractivity contribution >= 4 is 5.65 Å². The molecule has 0 aliphatic rings. The summed E-state index contributed by atoms with van der Waals surface area (Å²) in [5.74, 6) is 0. The van der Waals surface area contributed by atoms with Gasteiger partial charge in [-0.2, -0.15) is 0 Å².